The summed E-state index contributed by atoms with van der Waals surface area (Å²) in [5, 5.41) is 6.27. The van der Waals surface area contributed by atoms with E-state index in [2.05, 4.69) is 15.6 Å². The molecule has 0 heterocycles. The fraction of sp³-hybridized carbons (Fsp3) is 0.316. The van der Waals surface area contributed by atoms with Gasteiger partial charge >= 0.3 is 0 Å². The van der Waals surface area contributed by atoms with Crippen LogP contribution in [0.4, 0.5) is 4.39 Å². The van der Waals surface area contributed by atoms with Crippen molar-refractivity contribution in [2.75, 3.05) is 28.4 Å². The van der Waals surface area contributed by atoms with Gasteiger partial charge in [0, 0.05) is 31.3 Å². The van der Waals surface area contributed by atoms with Crippen molar-refractivity contribution in [3.63, 3.8) is 0 Å². The fourth-order valence-electron chi connectivity index (χ4n) is 2.52. The summed E-state index contributed by atoms with van der Waals surface area (Å²) in [4.78, 5) is 4.15. The molecule has 2 rings (SSSR count). The Morgan fingerprint density at radius 1 is 0.889 bits per heavy atom. The van der Waals surface area contributed by atoms with E-state index in [1.54, 1.807) is 46.6 Å². The Balaban J connectivity index is 0.00000364. The van der Waals surface area contributed by atoms with Crippen molar-refractivity contribution in [3.05, 3.63) is 53.3 Å². The molecule has 27 heavy (non-hydrogen) atoms. The number of nitrogens with zero attached hydrogens (tertiary/aromatic N) is 1. The van der Waals surface area contributed by atoms with Gasteiger partial charge in [0.15, 0.2) is 17.5 Å². The zero-order valence-electron chi connectivity index (χ0n) is 15.8. The molecular formula is C19H25FIN3O3. The summed E-state index contributed by atoms with van der Waals surface area (Å²) in [7, 11) is 6.37. The van der Waals surface area contributed by atoms with Gasteiger partial charge in [-0.1, -0.05) is 18.2 Å². The van der Waals surface area contributed by atoms with Gasteiger partial charge < -0.3 is 24.8 Å². The molecule has 0 bridgehead atoms. The Morgan fingerprint density at radius 2 is 1.52 bits per heavy atom. The second-order valence-electron chi connectivity index (χ2n) is 5.36. The second kappa shape index (κ2) is 11.5. The largest absolute Gasteiger partial charge is 0.493 e. The summed E-state index contributed by atoms with van der Waals surface area (Å²) in [6.45, 7) is 0.774. The highest BCUT2D eigenvalue weighted by molar-refractivity contribution is 14.0. The SMILES string of the molecule is CN=C(NCc1ccccc1F)NCc1ccc(OC)c(OC)c1OC.I. The predicted octanol–water partition coefficient (Wildman–Crippen LogP) is 3.33. The van der Waals surface area contributed by atoms with E-state index in [1.165, 1.54) is 6.07 Å². The summed E-state index contributed by atoms with van der Waals surface area (Å²) in [6, 6.07) is 10.3. The van der Waals surface area contributed by atoms with Crippen LogP contribution in [0.5, 0.6) is 17.2 Å². The van der Waals surface area contributed by atoms with Gasteiger partial charge in [0.1, 0.15) is 5.82 Å². The van der Waals surface area contributed by atoms with Gasteiger partial charge in [-0.2, -0.15) is 0 Å². The van der Waals surface area contributed by atoms with Crippen molar-refractivity contribution in [2.24, 2.45) is 4.99 Å². The number of hydrogen-bond donors (Lipinski definition) is 2. The number of halogens is 2. The van der Waals surface area contributed by atoms with Gasteiger partial charge in [-0.25, -0.2) is 4.39 Å². The molecule has 0 aromatic heterocycles. The van der Waals surface area contributed by atoms with Crippen molar-refractivity contribution in [2.45, 2.75) is 13.1 Å². The number of rotatable bonds is 7. The van der Waals surface area contributed by atoms with E-state index in [-0.39, 0.29) is 29.8 Å². The fourth-order valence-corrected chi connectivity index (χ4v) is 2.52. The van der Waals surface area contributed by atoms with Gasteiger partial charge in [0.25, 0.3) is 0 Å². The highest BCUT2D eigenvalue weighted by atomic mass is 127. The molecule has 0 amide bonds. The molecular weight excluding hydrogens is 464 g/mol. The zero-order valence-corrected chi connectivity index (χ0v) is 18.2. The van der Waals surface area contributed by atoms with Crippen LogP contribution in [-0.2, 0) is 13.1 Å². The highest BCUT2D eigenvalue weighted by Gasteiger charge is 2.15. The Bertz CT molecular complexity index is 772. The van der Waals surface area contributed by atoms with Gasteiger partial charge in [0.2, 0.25) is 5.75 Å². The monoisotopic (exact) mass is 489 g/mol. The predicted molar refractivity (Wildman–Crippen MR) is 115 cm³/mol. The molecule has 0 saturated carbocycles. The summed E-state index contributed by atoms with van der Waals surface area (Å²) in [5.74, 6) is 2.00. The van der Waals surface area contributed by atoms with Crippen LogP contribution in [0.1, 0.15) is 11.1 Å². The van der Waals surface area contributed by atoms with E-state index in [0.29, 0.717) is 41.9 Å². The Morgan fingerprint density at radius 3 is 2.07 bits per heavy atom. The summed E-state index contributed by atoms with van der Waals surface area (Å²) >= 11 is 0. The lowest BCUT2D eigenvalue weighted by atomic mass is 10.1. The van der Waals surface area contributed by atoms with E-state index in [0.717, 1.165) is 5.56 Å². The number of hydrogen-bond acceptors (Lipinski definition) is 4. The highest BCUT2D eigenvalue weighted by Crippen LogP contribution is 2.39. The molecule has 0 spiro atoms. The molecule has 0 saturated heterocycles. The molecule has 148 valence electrons. The topological polar surface area (TPSA) is 64.1 Å². The van der Waals surface area contributed by atoms with Crippen LogP contribution in [0, 0.1) is 5.82 Å². The average Bonchev–Trinajstić information content (AvgIpc) is 2.68. The first kappa shape index (κ1) is 22.8. The molecule has 0 fully saturated rings. The number of benzene rings is 2. The van der Waals surface area contributed by atoms with Crippen LogP contribution in [0.15, 0.2) is 41.4 Å². The molecule has 0 aliphatic rings. The number of ether oxygens (including phenoxy) is 3. The molecule has 0 atom stereocenters. The van der Waals surface area contributed by atoms with Crippen molar-refractivity contribution < 1.29 is 18.6 Å². The van der Waals surface area contributed by atoms with E-state index in [1.807, 2.05) is 12.1 Å². The third-order valence-corrected chi connectivity index (χ3v) is 3.86. The van der Waals surface area contributed by atoms with E-state index < -0.39 is 0 Å². The third kappa shape index (κ3) is 5.88. The first-order valence-electron chi connectivity index (χ1n) is 8.10. The minimum Gasteiger partial charge on any atom is -0.493 e. The third-order valence-electron chi connectivity index (χ3n) is 3.86. The summed E-state index contributed by atoms with van der Waals surface area (Å²) in [6.07, 6.45) is 0. The minimum atomic E-state index is -0.253. The lowest BCUT2D eigenvalue weighted by Crippen LogP contribution is -2.36. The quantitative estimate of drug-likeness (QED) is 0.355. The normalized spacial score (nSPS) is 10.6. The molecule has 2 aromatic carbocycles. The number of nitrogens with one attached hydrogen (secondary N) is 2. The van der Waals surface area contributed by atoms with E-state index in [4.69, 9.17) is 14.2 Å². The van der Waals surface area contributed by atoms with Crippen LogP contribution < -0.4 is 24.8 Å². The first-order chi connectivity index (χ1) is 12.6. The Labute approximate surface area is 176 Å². The summed E-state index contributed by atoms with van der Waals surface area (Å²) in [5.41, 5.74) is 1.44. The standard InChI is InChI=1S/C19H24FN3O3.HI/c1-21-19(22-11-13-7-5-6-8-15(13)20)23-12-14-9-10-16(24-2)18(26-4)17(14)25-3;/h5-10H,11-12H2,1-4H3,(H2,21,22,23);1H. The smallest absolute Gasteiger partial charge is 0.203 e. The minimum absolute atomic E-state index is 0. The van der Waals surface area contributed by atoms with Crippen LogP contribution in [0.3, 0.4) is 0 Å². The van der Waals surface area contributed by atoms with Crippen LogP contribution in [0.25, 0.3) is 0 Å². The van der Waals surface area contributed by atoms with Gasteiger partial charge in [-0.05, 0) is 18.2 Å². The molecule has 0 aliphatic carbocycles. The van der Waals surface area contributed by atoms with Gasteiger partial charge in [-0.3, -0.25) is 4.99 Å². The maximum atomic E-state index is 13.7. The molecule has 0 aliphatic heterocycles. The van der Waals surface area contributed by atoms with E-state index >= 15 is 0 Å². The van der Waals surface area contributed by atoms with Crippen molar-refractivity contribution >= 4 is 29.9 Å². The Hall–Kier alpha value is -2.23. The lowest BCUT2D eigenvalue weighted by Gasteiger charge is -2.17. The number of aliphatic imine (C=N–C) groups is 1. The van der Waals surface area contributed by atoms with Crippen molar-refractivity contribution in [1.82, 2.24) is 10.6 Å². The average molecular weight is 489 g/mol. The molecule has 0 radical (unpaired) electrons. The molecule has 2 aromatic rings. The van der Waals surface area contributed by atoms with Crippen molar-refractivity contribution in [3.8, 4) is 17.2 Å². The second-order valence-corrected chi connectivity index (χ2v) is 5.36. The van der Waals surface area contributed by atoms with E-state index in [9.17, 15) is 4.39 Å². The van der Waals surface area contributed by atoms with Crippen LogP contribution >= 0.6 is 24.0 Å². The zero-order chi connectivity index (χ0) is 18.9. The molecule has 8 heteroatoms. The number of guanidine groups is 1. The number of methoxy groups -OCH3 is 3. The summed E-state index contributed by atoms with van der Waals surface area (Å²) < 4.78 is 29.8. The molecule has 6 nitrogen and oxygen atoms in total. The molecule has 0 unspecified atom stereocenters. The maximum Gasteiger partial charge on any atom is 0.203 e. The van der Waals surface area contributed by atoms with Crippen molar-refractivity contribution in [1.29, 1.82) is 0 Å². The van der Waals surface area contributed by atoms with Gasteiger partial charge in [0.05, 0.1) is 21.3 Å². The van der Waals surface area contributed by atoms with Crippen LogP contribution in [0.2, 0.25) is 0 Å². The Kier molecular flexibility index (Phi) is 9.70. The van der Waals surface area contributed by atoms with Gasteiger partial charge in [-0.15, -0.1) is 24.0 Å². The lowest BCUT2D eigenvalue weighted by molar-refractivity contribution is 0.322. The maximum absolute atomic E-state index is 13.7. The van der Waals surface area contributed by atoms with Crippen LogP contribution in [-0.4, -0.2) is 34.3 Å². The first-order valence-corrected chi connectivity index (χ1v) is 8.10. The molecule has 2 N–H and O–H groups in total.